The number of ether oxygens (including phenoxy) is 1. The molecule has 2 aromatic rings. The van der Waals surface area contributed by atoms with Gasteiger partial charge >= 0.3 is 0 Å². The Labute approximate surface area is 158 Å². The van der Waals surface area contributed by atoms with E-state index in [2.05, 4.69) is 56.5 Å². The average Bonchev–Trinajstić information content (AvgIpc) is 2.92. The number of carbonyl (C=O) groups excluding carboxylic acids is 1. The van der Waals surface area contributed by atoms with Gasteiger partial charge in [-0.25, -0.2) is 0 Å². The molecule has 1 amide bonds. The van der Waals surface area contributed by atoms with E-state index >= 15 is 0 Å². The van der Waals surface area contributed by atoms with E-state index in [4.69, 9.17) is 4.74 Å². The lowest BCUT2D eigenvalue weighted by atomic mass is 10.2. The Morgan fingerprint density at radius 1 is 1.23 bits per heavy atom. The van der Waals surface area contributed by atoms with E-state index in [1.165, 1.54) is 22.6 Å². The van der Waals surface area contributed by atoms with E-state index in [1.807, 2.05) is 0 Å². The molecule has 7 nitrogen and oxygen atoms in total. The van der Waals surface area contributed by atoms with E-state index in [9.17, 15) is 4.79 Å². The molecule has 0 bridgehead atoms. The number of methoxy groups -OCH3 is 1. The van der Waals surface area contributed by atoms with Crippen LogP contribution in [0.5, 0.6) is 0 Å². The highest BCUT2D eigenvalue weighted by Crippen LogP contribution is 2.21. The molecular weight excluding hydrogens is 350 g/mol. The molecule has 2 heterocycles. The zero-order valence-corrected chi connectivity index (χ0v) is 16.1. The van der Waals surface area contributed by atoms with Crippen LogP contribution in [0.2, 0.25) is 0 Å². The molecule has 1 aromatic carbocycles. The number of para-hydroxylation sites is 1. The molecule has 1 aliphatic rings. The third-order valence-corrected chi connectivity index (χ3v) is 5.21. The fourth-order valence-electron chi connectivity index (χ4n) is 3.14. The standard InChI is InChI=1S/C18H25N5O2S/c1-14-6-3-4-7-15(14)23-9-5-8-22(10-11-23)12-16(24)19-18-21-20-17(26-18)13-25-2/h3-4,6-7H,5,8-13H2,1-2H3,(H,19,21,24). The van der Waals surface area contributed by atoms with Gasteiger partial charge in [0.05, 0.1) is 6.54 Å². The zero-order valence-electron chi connectivity index (χ0n) is 15.3. The molecule has 0 aliphatic carbocycles. The quantitative estimate of drug-likeness (QED) is 0.834. The first-order valence-corrected chi connectivity index (χ1v) is 9.61. The molecule has 1 N–H and O–H groups in total. The highest BCUT2D eigenvalue weighted by atomic mass is 32.1. The summed E-state index contributed by atoms with van der Waals surface area (Å²) in [6.07, 6.45) is 1.04. The molecular formula is C18H25N5O2S. The molecule has 1 saturated heterocycles. The minimum Gasteiger partial charge on any atom is -0.377 e. The van der Waals surface area contributed by atoms with Crippen LogP contribution in [-0.2, 0) is 16.1 Å². The van der Waals surface area contributed by atoms with Crippen LogP contribution in [-0.4, -0.2) is 60.8 Å². The molecule has 8 heteroatoms. The number of aromatic nitrogens is 2. The van der Waals surface area contributed by atoms with Crippen LogP contribution in [0.25, 0.3) is 0 Å². The minimum atomic E-state index is -0.0468. The van der Waals surface area contributed by atoms with Gasteiger partial charge in [-0.2, -0.15) is 0 Å². The zero-order chi connectivity index (χ0) is 18.4. The monoisotopic (exact) mass is 375 g/mol. The fraction of sp³-hybridized carbons (Fsp3) is 0.500. The van der Waals surface area contributed by atoms with Gasteiger partial charge in [0.25, 0.3) is 0 Å². The highest BCUT2D eigenvalue weighted by molar-refractivity contribution is 7.15. The molecule has 1 fully saturated rings. The SMILES string of the molecule is COCc1nnc(NC(=O)CN2CCCN(c3ccccc3C)CC2)s1. The third kappa shape index (κ3) is 5.00. The summed E-state index contributed by atoms with van der Waals surface area (Å²) in [7, 11) is 1.61. The molecule has 26 heavy (non-hydrogen) atoms. The number of rotatable bonds is 6. The Morgan fingerprint density at radius 3 is 2.88 bits per heavy atom. The molecule has 1 aliphatic heterocycles. The number of benzene rings is 1. The first-order valence-electron chi connectivity index (χ1n) is 8.80. The van der Waals surface area contributed by atoms with Crippen LogP contribution in [0.3, 0.4) is 0 Å². The van der Waals surface area contributed by atoms with Crippen LogP contribution >= 0.6 is 11.3 Å². The lowest BCUT2D eigenvalue weighted by Crippen LogP contribution is -2.36. The van der Waals surface area contributed by atoms with E-state index < -0.39 is 0 Å². The van der Waals surface area contributed by atoms with Gasteiger partial charge in [-0.05, 0) is 25.0 Å². The van der Waals surface area contributed by atoms with Crippen LogP contribution in [0.1, 0.15) is 17.0 Å². The number of hydrogen-bond donors (Lipinski definition) is 1. The van der Waals surface area contributed by atoms with Gasteiger partial charge in [0.2, 0.25) is 11.0 Å². The molecule has 0 radical (unpaired) electrons. The first-order chi connectivity index (χ1) is 12.7. The van der Waals surface area contributed by atoms with E-state index in [0.29, 0.717) is 18.3 Å². The smallest absolute Gasteiger partial charge is 0.240 e. The Balaban J connectivity index is 1.51. The third-order valence-electron chi connectivity index (χ3n) is 4.39. The second-order valence-electron chi connectivity index (χ2n) is 6.39. The second-order valence-corrected chi connectivity index (χ2v) is 7.45. The maximum atomic E-state index is 12.3. The number of nitrogens with zero attached hydrogens (tertiary/aromatic N) is 4. The molecule has 0 saturated carbocycles. The number of carbonyl (C=O) groups is 1. The highest BCUT2D eigenvalue weighted by Gasteiger charge is 2.19. The average molecular weight is 375 g/mol. The summed E-state index contributed by atoms with van der Waals surface area (Å²) in [6.45, 7) is 6.66. The number of nitrogens with one attached hydrogen (secondary N) is 1. The van der Waals surface area contributed by atoms with Crippen molar-refractivity contribution >= 4 is 28.1 Å². The van der Waals surface area contributed by atoms with E-state index in [1.54, 1.807) is 7.11 Å². The van der Waals surface area contributed by atoms with E-state index in [0.717, 1.165) is 37.6 Å². The summed E-state index contributed by atoms with van der Waals surface area (Å²) in [6, 6.07) is 8.47. The molecule has 0 spiro atoms. The largest absolute Gasteiger partial charge is 0.377 e. The fourth-order valence-corrected chi connectivity index (χ4v) is 3.86. The van der Waals surface area contributed by atoms with Crippen molar-refractivity contribution in [1.29, 1.82) is 0 Å². The minimum absolute atomic E-state index is 0.0468. The van der Waals surface area contributed by atoms with Crippen molar-refractivity contribution < 1.29 is 9.53 Å². The van der Waals surface area contributed by atoms with E-state index in [-0.39, 0.29) is 5.91 Å². The van der Waals surface area contributed by atoms with Crippen LogP contribution < -0.4 is 10.2 Å². The summed E-state index contributed by atoms with van der Waals surface area (Å²) in [5.74, 6) is -0.0468. The van der Waals surface area contributed by atoms with Crippen LogP contribution in [0.15, 0.2) is 24.3 Å². The van der Waals surface area contributed by atoms with Gasteiger partial charge in [-0.3, -0.25) is 15.0 Å². The van der Waals surface area contributed by atoms with Crippen molar-refractivity contribution in [2.75, 3.05) is 50.1 Å². The van der Waals surface area contributed by atoms with Crippen molar-refractivity contribution in [3.63, 3.8) is 0 Å². The Hall–Kier alpha value is -2.03. The summed E-state index contributed by atoms with van der Waals surface area (Å²) in [5.41, 5.74) is 2.58. The first kappa shape index (κ1) is 18.8. The second kappa shape index (κ2) is 9.07. The summed E-state index contributed by atoms with van der Waals surface area (Å²) >= 11 is 1.35. The maximum absolute atomic E-state index is 12.3. The summed E-state index contributed by atoms with van der Waals surface area (Å²) in [5, 5.41) is 12.1. The van der Waals surface area contributed by atoms with Crippen LogP contribution in [0.4, 0.5) is 10.8 Å². The summed E-state index contributed by atoms with van der Waals surface area (Å²) in [4.78, 5) is 16.9. The van der Waals surface area contributed by atoms with Crippen LogP contribution in [0, 0.1) is 6.92 Å². The number of anilines is 2. The van der Waals surface area contributed by atoms with Gasteiger partial charge in [0, 0.05) is 39.0 Å². The number of hydrogen-bond acceptors (Lipinski definition) is 7. The topological polar surface area (TPSA) is 70.6 Å². The Kier molecular flexibility index (Phi) is 6.54. The van der Waals surface area contributed by atoms with Gasteiger partial charge in [-0.15, -0.1) is 10.2 Å². The predicted octanol–water partition coefficient (Wildman–Crippen LogP) is 2.14. The summed E-state index contributed by atoms with van der Waals surface area (Å²) < 4.78 is 5.02. The molecule has 0 unspecified atom stereocenters. The van der Waals surface area contributed by atoms with Crippen molar-refractivity contribution in [2.45, 2.75) is 20.0 Å². The van der Waals surface area contributed by atoms with Crippen molar-refractivity contribution in [3.05, 3.63) is 34.8 Å². The lowest BCUT2D eigenvalue weighted by Gasteiger charge is -2.25. The maximum Gasteiger partial charge on any atom is 0.240 e. The molecule has 140 valence electrons. The normalized spacial score (nSPS) is 15.7. The van der Waals surface area contributed by atoms with Gasteiger partial charge in [0.15, 0.2) is 0 Å². The number of aryl methyl sites for hydroxylation is 1. The lowest BCUT2D eigenvalue weighted by molar-refractivity contribution is -0.117. The predicted molar refractivity (Wildman–Crippen MR) is 104 cm³/mol. The van der Waals surface area contributed by atoms with Crippen molar-refractivity contribution in [1.82, 2.24) is 15.1 Å². The Bertz CT molecular complexity index is 736. The van der Waals surface area contributed by atoms with Gasteiger partial charge in [-0.1, -0.05) is 29.5 Å². The Morgan fingerprint density at radius 2 is 2.08 bits per heavy atom. The molecule has 3 rings (SSSR count). The van der Waals surface area contributed by atoms with Gasteiger partial charge in [0.1, 0.15) is 11.6 Å². The van der Waals surface area contributed by atoms with Crippen molar-refractivity contribution in [3.8, 4) is 0 Å². The molecule has 0 atom stereocenters. The van der Waals surface area contributed by atoms with Gasteiger partial charge < -0.3 is 9.64 Å². The number of amides is 1. The molecule has 1 aromatic heterocycles. The van der Waals surface area contributed by atoms with Crippen molar-refractivity contribution in [2.24, 2.45) is 0 Å².